The molecule has 0 spiro atoms. The Morgan fingerprint density at radius 1 is 1.10 bits per heavy atom. The highest BCUT2D eigenvalue weighted by Crippen LogP contribution is 2.33. The normalized spacial score (nSPS) is 11.2. The topological polar surface area (TPSA) is 71.5 Å². The van der Waals surface area contributed by atoms with Crippen molar-refractivity contribution in [3.8, 4) is 17.2 Å². The first-order valence-electron chi connectivity index (χ1n) is 8.26. The molecule has 150 valence electrons. The zero-order chi connectivity index (χ0) is 21.0. The Bertz CT molecular complexity index is 1020. The Morgan fingerprint density at radius 2 is 1.83 bits per heavy atom. The summed E-state index contributed by atoms with van der Waals surface area (Å²) in [5.74, 6) is -0.459. The number of benzene rings is 2. The first kappa shape index (κ1) is 20.5. The third kappa shape index (κ3) is 5.00. The SMILES string of the molecule is CSc1ccnc(C(=O)Nc2ccc(Oc3cccc(C(F)(F)F)c3)cc2)c1O. The van der Waals surface area contributed by atoms with E-state index in [1.165, 1.54) is 54.4 Å². The molecular weight excluding hydrogens is 405 g/mol. The minimum Gasteiger partial charge on any atom is -0.504 e. The van der Waals surface area contributed by atoms with Crippen molar-refractivity contribution >= 4 is 23.4 Å². The van der Waals surface area contributed by atoms with Crippen LogP contribution < -0.4 is 10.1 Å². The standard InChI is InChI=1S/C20H15F3N2O3S/c1-29-16-9-10-24-17(18(16)26)19(27)25-13-5-7-14(8-6-13)28-15-4-2-3-12(11-15)20(21,22)23/h2-11,26H,1H3,(H,25,27). The van der Waals surface area contributed by atoms with Crippen LogP contribution in [0.25, 0.3) is 0 Å². The number of hydrogen-bond donors (Lipinski definition) is 2. The maximum absolute atomic E-state index is 12.8. The molecule has 9 heteroatoms. The van der Waals surface area contributed by atoms with E-state index in [4.69, 9.17) is 4.74 Å². The average Bonchev–Trinajstić information content (AvgIpc) is 2.69. The summed E-state index contributed by atoms with van der Waals surface area (Å²) in [5.41, 5.74) is -0.512. The van der Waals surface area contributed by atoms with E-state index in [2.05, 4.69) is 10.3 Å². The van der Waals surface area contributed by atoms with Crippen LogP contribution in [0.5, 0.6) is 17.2 Å². The van der Waals surface area contributed by atoms with Crippen molar-refractivity contribution in [2.45, 2.75) is 11.1 Å². The van der Waals surface area contributed by atoms with Gasteiger partial charge in [-0.1, -0.05) is 6.07 Å². The van der Waals surface area contributed by atoms with Crippen LogP contribution in [0.2, 0.25) is 0 Å². The molecule has 2 aromatic carbocycles. The molecule has 1 aromatic heterocycles. The van der Waals surface area contributed by atoms with Gasteiger partial charge in [0.25, 0.3) is 5.91 Å². The summed E-state index contributed by atoms with van der Waals surface area (Å²) in [5, 5.41) is 12.7. The smallest absolute Gasteiger partial charge is 0.416 e. The fourth-order valence-electron chi connectivity index (χ4n) is 2.44. The molecule has 0 unspecified atom stereocenters. The number of thioether (sulfide) groups is 1. The lowest BCUT2D eigenvalue weighted by atomic mass is 10.2. The minimum atomic E-state index is -4.46. The molecular formula is C20H15F3N2O3S. The fourth-order valence-corrected chi connectivity index (χ4v) is 2.92. The van der Waals surface area contributed by atoms with E-state index in [-0.39, 0.29) is 17.2 Å². The summed E-state index contributed by atoms with van der Waals surface area (Å²) >= 11 is 1.28. The molecule has 1 heterocycles. The Morgan fingerprint density at radius 3 is 2.48 bits per heavy atom. The zero-order valence-electron chi connectivity index (χ0n) is 15.0. The number of aromatic hydroxyl groups is 1. The Balaban J connectivity index is 1.70. The van der Waals surface area contributed by atoms with Crippen molar-refractivity contribution in [1.29, 1.82) is 0 Å². The van der Waals surface area contributed by atoms with E-state index in [1.54, 1.807) is 12.3 Å². The van der Waals surface area contributed by atoms with E-state index in [0.717, 1.165) is 12.1 Å². The van der Waals surface area contributed by atoms with Crippen molar-refractivity contribution in [2.75, 3.05) is 11.6 Å². The molecule has 3 rings (SSSR count). The van der Waals surface area contributed by atoms with Crippen LogP contribution in [-0.4, -0.2) is 22.3 Å². The number of amides is 1. The number of aromatic nitrogens is 1. The molecule has 0 bridgehead atoms. The van der Waals surface area contributed by atoms with E-state index in [0.29, 0.717) is 16.3 Å². The first-order chi connectivity index (χ1) is 13.8. The summed E-state index contributed by atoms with van der Waals surface area (Å²) in [6.45, 7) is 0. The number of carbonyl (C=O) groups is 1. The molecule has 0 aliphatic heterocycles. The fraction of sp³-hybridized carbons (Fsp3) is 0.100. The highest BCUT2D eigenvalue weighted by Gasteiger charge is 2.30. The lowest BCUT2D eigenvalue weighted by Crippen LogP contribution is -2.14. The van der Waals surface area contributed by atoms with Gasteiger partial charge in [0.15, 0.2) is 11.4 Å². The maximum atomic E-state index is 12.8. The van der Waals surface area contributed by atoms with Gasteiger partial charge in [0, 0.05) is 11.9 Å². The van der Waals surface area contributed by atoms with Gasteiger partial charge in [-0.05, 0) is 54.8 Å². The number of alkyl halides is 3. The van der Waals surface area contributed by atoms with Crippen LogP contribution in [0.1, 0.15) is 16.1 Å². The van der Waals surface area contributed by atoms with Crippen molar-refractivity contribution in [1.82, 2.24) is 4.98 Å². The summed E-state index contributed by atoms with van der Waals surface area (Å²) < 4.78 is 43.8. The lowest BCUT2D eigenvalue weighted by molar-refractivity contribution is -0.137. The number of halogens is 3. The number of nitrogens with one attached hydrogen (secondary N) is 1. The van der Waals surface area contributed by atoms with Crippen molar-refractivity contribution in [3.05, 3.63) is 72.1 Å². The van der Waals surface area contributed by atoms with Crippen LogP contribution in [-0.2, 0) is 6.18 Å². The van der Waals surface area contributed by atoms with Gasteiger partial charge < -0.3 is 15.2 Å². The molecule has 0 atom stereocenters. The van der Waals surface area contributed by atoms with Crippen LogP contribution in [0, 0.1) is 0 Å². The molecule has 0 fully saturated rings. The summed E-state index contributed by atoms with van der Waals surface area (Å²) in [7, 11) is 0. The molecule has 0 aliphatic rings. The molecule has 0 saturated carbocycles. The maximum Gasteiger partial charge on any atom is 0.416 e. The van der Waals surface area contributed by atoms with Crippen LogP contribution in [0.15, 0.2) is 65.7 Å². The van der Waals surface area contributed by atoms with Gasteiger partial charge in [-0.3, -0.25) is 4.79 Å². The van der Waals surface area contributed by atoms with Gasteiger partial charge >= 0.3 is 6.18 Å². The predicted octanol–water partition coefficient (Wildman–Crippen LogP) is 5.57. The Hall–Kier alpha value is -3.20. The molecule has 29 heavy (non-hydrogen) atoms. The molecule has 5 nitrogen and oxygen atoms in total. The highest BCUT2D eigenvalue weighted by molar-refractivity contribution is 7.98. The van der Waals surface area contributed by atoms with Crippen molar-refractivity contribution in [2.24, 2.45) is 0 Å². The first-order valence-corrected chi connectivity index (χ1v) is 9.49. The summed E-state index contributed by atoms with van der Waals surface area (Å²) in [6, 6.07) is 12.2. The monoisotopic (exact) mass is 420 g/mol. The van der Waals surface area contributed by atoms with Gasteiger partial charge in [0.1, 0.15) is 11.5 Å². The van der Waals surface area contributed by atoms with E-state index in [1.807, 2.05) is 0 Å². The summed E-state index contributed by atoms with van der Waals surface area (Å²) in [6.07, 6.45) is -1.27. The Labute approximate surface area is 168 Å². The third-order valence-electron chi connectivity index (χ3n) is 3.83. The van der Waals surface area contributed by atoms with Gasteiger partial charge in [0.05, 0.1) is 10.5 Å². The summed E-state index contributed by atoms with van der Waals surface area (Å²) in [4.78, 5) is 16.7. The van der Waals surface area contributed by atoms with Gasteiger partial charge in [-0.15, -0.1) is 11.8 Å². The molecule has 0 saturated heterocycles. The van der Waals surface area contributed by atoms with Crippen molar-refractivity contribution in [3.63, 3.8) is 0 Å². The number of rotatable bonds is 5. The number of hydrogen-bond acceptors (Lipinski definition) is 5. The van der Waals surface area contributed by atoms with Gasteiger partial charge in [-0.2, -0.15) is 13.2 Å². The molecule has 1 amide bonds. The number of pyridine rings is 1. The molecule has 0 radical (unpaired) electrons. The Kier molecular flexibility index (Phi) is 5.97. The van der Waals surface area contributed by atoms with Gasteiger partial charge in [-0.25, -0.2) is 4.98 Å². The second kappa shape index (κ2) is 8.44. The lowest BCUT2D eigenvalue weighted by Gasteiger charge is -2.11. The molecule has 2 N–H and O–H groups in total. The van der Waals surface area contributed by atoms with Crippen LogP contribution in [0.4, 0.5) is 18.9 Å². The van der Waals surface area contributed by atoms with Gasteiger partial charge in [0.2, 0.25) is 0 Å². The predicted molar refractivity (Wildman–Crippen MR) is 104 cm³/mol. The van der Waals surface area contributed by atoms with Crippen molar-refractivity contribution < 1.29 is 27.8 Å². The van der Waals surface area contributed by atoms with E-state index in [9.17, 15) is 23.1 Å². The second-order valence-electron chi connectivity index (χ2n) is 5.82. The number of nitrogens with zero attached hydrogens (tertiary/aromatic N) is 1. The quantitative estimate of drug-likeness (QED) is 0.528. The van der Waals surface area contributed by atoms with Crippen LogP contribution >= 0.6 is 11.8 Å². The number of anilines is 1. The molecule has 3 aromatic rings. The highest BCUT2D eigenvalue weighted by atomic mass is 32.2. The minimum absolute atomic E-state index is 0.0413. The largest absolute Gasteiger partial charge is 0.504 e. The third-order valence-corrected chi connectivity index (χ3v) is 4.60. The number of carbonyl (C=O) groups excluding carboxylic acids is 1. The molecule has 0 aliphatic carbocycles. The average molecular weight is 420 g/mol. The van der Waals surface area contributed by atoms with E-state index >= 15 is 0 Å². The second-order valence-corrected chi connectivity index (χ2v) is 6.66. The van der Waals surface area contributed by atoms with E-state index < -0.39 is 17.6 Å². The zero-order valence-corrected chi connectivity index (χ0v) is 15.8. The number of ether oxygens (including phenoxy) is 1. The van der Waals surface area contributed by atoms with Crippen LogP contribution in [0.3, 0.4) is 0 Å².